The van der Waals surface area contributed by atoms with E-state index in [0.717, 1.165) is 25.7 Å². The average molecular weight is 258 g/mol. The molecule has 0 aromatic rings. The minimum absolute atomic E-state index is 0.00465. The van der Waals surface area contributed by atoms with Crippen LogP contribution in [0.2, 0.25) is 0 Å². The van der Waals surface area contributed by atoms with Crippen molar-refractivity contribution in [1.82, 2.24) is 5.32 Å². The number of carbonyl (C=O) groups is 1. The van der Waals surface area contributed by atoms with Gasteiger partial charge in [0, 0.05) is 19.7 Å². The number of aliphatic hydroxyl groups is 1. The Morgan fingerprint density at radius 1 is 1.44 bits per heavy atom. The molecule has 0 aliphatic heterocycles. The third kappa shape index (κ3) is 5.80. The number of carbonyl (C=O) groups excluding carboxylic acids is 1. The zero-order valence-corrected chi connectivity index (χ0v) is 11.2. The van der Waals surface area contributed by atoms with Gasteiger partial charge in [-0.3, -0.25) is 4.79 Å². The fraction of sp³-hybridized carbons (Fsp3) is 0.923. The summed E-state index contributed by atoms with van der Waals surface area (Å²) in [5.41, 5.74) is 5.53. The van der Waals surface area contributed by atoms with E-state index in [9.17, 15) is 9.90 Å². The number of nitrogens with one attached hydrogen (secondary N) is 1. The summed E-state index contributed by atoms with van der Waals surface area (Å²) in [5, 5.41) is 12.3. The lowest BCUT2D eigenvalue weighted by Gasteiger charge is -2.25. The third-order valence-corrected chi connectivity index (χ3v) is 3.48. The molecule has 1 fully saturated rings. The zero-order chi connectivity index (χ0) is 13.4. The first-order valence-corrected chi connectivity index (χ1v) is 6.92. The van der Waals surface area contributed by atoms with Crippen molar-refractivity contribution in [3.63, 3.8) is 0 Å². The van der Waals surface area contributed by atoms with E-state index in [1.807, 2.05) is 6.92 Å². The molecule has 0 aromatic heterocycles. The summed E-state index contributed by atoms with van der Waals surface area (Å²) in [5.74, 6) is 0.505. The topological polar surface area (TPSA) is 84.6 Å². The highest BCUT2D eigenvalue weighted by Crippen LogP contribution is 2.23. The van der Waals surface area contributed by atoms with E-state index in [4.69, 9.17) is 10.5 Å². The van der Waals surface area contributed by atoms with Crippen LogP contribution in [0.3, 0.4) is 0 Å². The Hall–Kier alpha value is -0.650. The molecule has 1 atom stereocenters. The maximum atomic E-state index is 11.7. The van der Waals surface area contributed by atoms with E-state index in [0.29, 0.717) is 32.0 Å². The monoisotopic (exact) mass is 258 g/mol. The number of rotatable bonds is 7. The van der Waals surface area contributed by atoms with Gasteiger partial charge >= 0.3 is 0 Å². The maximum Gasteiger partial charge on any atom is 0.222 e. The van der Waals surface area contributed by atoms with Gasteiger partial charge in [0.25, 0.3) is 0 Å². The van der Waals surface area contributed by atoms with E-state index >= 15 is 0 Å². The van der Waals surface area contributed by atoms with Crippen LogP contribution < -0.4 is 11.1 Å². The number of hydrogen-bond donors (Lipinski definition) is 3. The predicted octanol–water partition coefficient (Wildman–Crippen LogP) is 0.408. The first-order valence-electron chi connectivity index (χ1n) is 6.92. The Balaban J connectivity index is 2.16. The molecule has 0 aromatic carbocycles. The number of aliphatic hydroxyl groups excluding tert-OH is 1. The molecule has 18 heavy (non-hydrogen) atoms. The van der Waals surface area contributed by atoms with E-state index in [1.165, 1.54) is 0 Å². The molecule has 1 aliphatic carbocycles. The van der Waals surface area contributed by atoms with Gasteiger partial charge in [-0.2, -0.15) is 0 Å². The standard InChI is InChI=1S/C13H26N2O3/c1-2-18-12(8-14)7-13(17)15-9-10-3-5-11(16)6-4-10/h10-12,16H,2-9,14H2,1H3,(H,15,17). The van der Waals surface area contributed by atoms with Gasteiger partial charge in [-0.05, 0) is 38.5 Å². The van der Waals surface area contributed by atoms with Crippen molar-refractivity contribution in [3.05, 3.63) is 0 Å². The molecule has 1 saturated carbocycles. The van der Waals surface area contributed by atoms with Crippen molar-refractivity contribution in [3.8, 4) is 0 Å². The molecule has 0 bridgehead atoms. The normalized spacial score (nSPS) is 25.7. The zero-order valence-electron chi connectivity index (χ0n) is 11.2. The van der Waals surface area contributed by atoms with Crippen LogP contribution in [0, 0.1) is 5.92 Å². The Morgan fingerprint density at radius 3 is 2.67 bits per heavy atom. The summed E-state index contributed by atoms with van der Waals surface area (Å²) in [6.07, 6.45) is 3.70. The summed E-state index contributed by atoms with van der Waals surface area (Å²) in [6, 6.07) is 0. The number of ether oxygens (including phenoxy) is 1. The second-order valence-electron chi connectivity index (χ2n) is 5.00. The highest BCUT2D eigenvalue weighted by molar-refractivity contribution is 5.76. The molecule has 5 nitrogen and oxygen atoms in total. The summed E-state index contributed by atoms with van der Waals surface area (Å²) in [6.45, 7) is 3.55. The van der Waals surface area contributed by atoms with E-state index in [1.54, 1.807) is 0 Å². The van der Waals surface area contributed by atoms with Gasteiger partial charge in [-0.15, -0.1) is 0 Å². The number of amides is 1. The highest BCUT2D eigenvalue weighted by Gasteiger charge is 2.20. The van der Waals surface area contributed by atoms with Crippen LogP contribution in [0.15, 0.2) is 0 Å². The molecular formula is C13H26N2O3. The van der Waals surface area contributed by atoms with Gasteiger partial charge in [0.15, 0.2) is 0 Å². The van der Waals surface area contributed by atoms with Gasteiger partial charge in [-0.25, -0.2) is 0 Å². The van der Waals surface area contributed by atoms with E-state index in [-0.39, 0.29) is 18.1 Å². The summed E-state index contributed by atoms with van der Waals surface area (Å²) in [4.78, 5) is 11.7. The van der Waals surface area contributed by atoms with Crippen molar-refractivity contribution in [2.75, 3.05) is 19.7 Å². The third-order valence-electron chi connectivity index (χ3n) is 3.48. The minimum atomic E-state index is -0.178. The molecule has 0 saturated heterocycles. The van der Waals surface area contributed by atoms with Gasteiger partial charge in [0.1, 0.15) is 0 Å². The van der Waals surface area contributed by atoms with E-state index in [2.05, 4.69) is 5.32 Å². The molecule has 0 spiro atoms. The van der Waals surface area contributed by atoms with Crippen molar-refractivity contribution in [2.24, 2.45) is 11.7 Å². The molecule has 1 rings (SSSR count). The molecule has 0 heterocycles. The second kappa shape index (κ2) is 8.45. The molecular weight excluding hydrogens is 232 g/mol. The first kappa shape index (κ1) is 15.4. The smallest absolute Gasteiger partial charge is 0.222 e. The fourth-order valence-electron chi connectivity index (χ4n) is 2.33. The van der Waals surface area contributed by atoms with Gasteiger partial charge in [-0.1, -0.05) is 0 Å². The van der Waals surface area contributed by atoms with Crippen LogP contribution in [0.1, 0.15) is 39.0 Å². The van der Waals surface area contributed by atoms with Crippen LogP contribution >= 0.6 is 0 Å². The molecule has 4 N–H and O–H groups in total. The first-order chi connectivity index (χ1) is 8.65. The van der Waals surface area contributed by atoms with E-state index < -0.39 is 0 Å². The molecule has 106 valence electrons. The summed E-state index contributed by atoms with van der Waals surface area (Å²) in [7, 11) is 0. The van der Waals surface area contributed by atoms with Crippen LogP contribution in [-0.2, 0) is 9.53 Å². The lowest BCUT2D eigenvalue weighted by Crippen LogP contribution is -2.36. The van der Waals surface area contributed by atoms with Gasteiger partial charge in [0.2, 0.25) is 5.91 Å². The predicted molar refractivity (Wildman–Crippen MR) is 70.1 cm³/mol. The number of hydrogen-bond acceptors (Lipinski definition) is 4. The van der Waals surface area contributed by atoms with Crippen LogP contribution in [0.4, 0.5) is 0 Å². The molecule has 1 aliphatic rings. The maximum absolute atomic E-state index is 11.7. The lowest BCUT2D eigenvalue weighted by atomic mass is 9.87. The lowest BCUT2D eigenvalue weighted by molar-refractivity contribution is -0.124. The number of nitrogens with two attached hydrogens (primary N) is 1. The fourth-order valence-corrected chi connectivity index (χ4v) is 2.33. The molecule has 5 heteroatoms. The summed E-state index contributed by atoms with van der Waals surface area (Å²) < 4.78 is 5.35. The Kier molecular flexibility index (Phi) is 7.23. The Bertz CT molecular complexity index is 240. The quantitative estimate of drug-likeness (QED) is 0.617. The largest absolute Gasteiger partial charge is 0.393 e. The molecule has 1 amide bonds. The van der Waals surface area contributed by atoms with Gasteiger partial charge < -0.3 is 20.9 Å². The van der Waals surface area contributed by atoms with Crippen molar-refractivity contribution >= 4 is 5.91 Å². The average Bonchev–Trinajstić information content (AvgIpc) is 2.37. The minimum Gasteiger partial charge on any atom is -0.393 e. The van der Waals surface area contributed by atoms with Crippen molar-refractivity contribution in [2.45, 2.75) is 51.2 Å². The SMILES string of the molecule is CCOC(CN)CC(=O)NCC1CCC(O)CC1. The molecule has 0 radical (unpaired) electrons. The van der Waals surface area contributed by atoms with Crippen LogP contribution in [-0.4, -0.2) is 42.9 Å². The van der Waals surface area contributed by atoms with Crippen LogP contribution in [0.25, 0.3) is 0 Å². The highest BCUT2D eigenvalue weighted by atomic mass is 16.5. The van der Waals surface area contributed by atoms with Gasteiger partial charge in [0.05, 0.1) is 18.6 Å². The summed E-state index contributed by atoms with van der Waals surface area (Å²) >= 11 is 0. The second-order valence-corrected chi connectivity index (χ2v) is 5.00. The molecule has 1 unspecified atom stereocenters. The van der Waals surface area contributed by atoms with Crippen molar-refractivity contribution in [1.29, 1.82) is 0 Å². The Labute approximate surface area is 109 Å². The van der Waals surface area contributed by atoms with Crippen LogP contribution in [0.5, 0.6) is 0 Å². The van der Waals surface area contributed by atoms with Crippen molar-refractivity contribution < 1.29 is 14.6 Å². The Morgan fingerprint density at radius 2 is 2.11 bits per heavy atom.